The summed E-state index contributed by atoms with van der Waals surface area (Å²) in [6.07, 6.45) is 3.67. The Morgan fingerprint density at radius 2 is 2.31 bits per heavy atom. The van der Waals surface area contributed by atoms with Gasteiger partial charge in [0.1, 0.15) is 6.10 Å². The summed E-state index contributed by atoms with van der Waals surface area (Å²) in [5, 5.41) is 0. The SMILES string of the molecule is CCC(C)OC(=O)CC1CCCCC(=O)O1. The van der Waals surface area contributed by atoms with Crippen molar-refractivity contribution in [3.63, 3.8) is 0 Å². The highest BCUT2D eigenvalue weighted by molar-refractivity contribution is 5.72. The van der Waals surface area contributed by atoms with Crippen LogP contribution in [0, 0.1) is 0 Å². The monoisotopic (exact) mass is 228 g/mol. The van der Waals surface area contributed by atoms with Crippen LogP contribution in [0.25, 0.3) is 0 Å². The van der Waals surface area contributed by atoms with Crippen molar-refractivity contribution in [2.24, 2.45) is 0 Å². The first-order valence-electron chi connectivity index (χ1n) is 6.00. The molecule has 1 saturated heterocycles. The second-order valence-electron chi connectivity index (χ2n) is 4.27. The van der Waals surface area contributed by atoms with Crippen molar-refractivity contribution in [3.8, 4) is 0 Å². The van der Waals surface area contributed by atoms with E-state index in [1.165, 1.54) is 0 Å². The minimum atomic E-state index is -0.286. The molecule has 0 aromatic heterocycles. The minimum Gasteiger partial charge on any atom is -0.463 e. The third-order valence-corrected chi connectivity index (χ3v) is 2.76. The highest BCUT2D eigenvalue weighted by atomic mass is 16.6. The number of hydrogen-bond donors (Lipinski definition) is 0. The fourth-order valence-electron chi connectivity index (χ4n) is 1.63. The number of hydrogen-bond acceptors (Lipinski definition) is 4. The van der Waals surface area contributed by atoms with Crippen LogP contribution in [0.15, 0.2) is 0 Å². The molecule has 1 heterocycles. The minimum absolute atomic E-state index is 0.0611. The highest BCUT2D eigenvalue weighted by Crippen LogP contribution is 2.17. The van der Waals surface area contributed by atoms with Crippen LogP contribution in [0.4, 0.5) is 0 Å². The third-order valence-electron chi connectivity index (χ3n) is 2.76. The zero-order chi connectivity index (χ0) is 12.0. The van der Waals surface area contributed by atoms with Crippen LogP contribution >= 0.6 is 0 Å². The lowest BCUT2D eigenvalue weighted by molar-refractivity contribution is -0.156. The molecule has 0 amide bonds. The number of rotatable bonds is 4. The Balaban J connectivity index is 2.34. The van der Waals surface area contributed by atoms with E-state index in [0.29, 0.717) is 6.42 Å². The number of carbonyl (C=O) groups excluding carboxylic acids is 2. The van der Waals surface area contributed by atoms with Crippen LogP contribution in [0.5, 0.6) is 0 Å². The predicted molar refractivity (Wildman–Crippen MR) is 58.8 cm³/mol. The highest BCUT2D eigenvalue weighted by Gasteiger charge is 2.22. The summed E-state index contributed by atoms with van der Waals surface area (Å²) in [5.74, 6) is -0.465. The Morgan fingerprint density at radius 3 is 3.00 bits per heavy atom. The number of carbonyl (C=O) groups is 2. The summed E-state index contributed by atoms with van der Waals surface area (Å²) >= 11 is 0. The van der Waals surface area contributed by atoms with E-state index in [4.69, 9.17) is 9.47 Å². The average molecular weight is 228 g/mol. The molecule has 2 atom stereocenters. The topological polar surface area (TPSA) is 52.6 Å². The summed E-state index contributed by atoms with van der Waals surface area (Å²) in [4.78, 5) is 22.7. The second-order valence-corrected chi connectivity index (χ2v) is 4.27. The van der Waals surface area contributed by atoms with E-state index < -0.39 is 0 Å². The van der Waals surface area contributed by atoms with Gasteiger partial charge in [-0.05, 0) is 32.6 Å². The molecular formula is C12H20O4. The standard InChI is InChI=1S/C12H20O4/c1-3-9(2)15-12(14)8-10-6-4-5-7-11(13)16-10/h9-10H,3-8H2,1-2H3. The van der Waals surface area contributed by atoms with Gasteiger partial charge in [0.2, 0.25) is 0 Å². The van der Waals surface area contributed by atoms with E-state index in [-0.39, 0.29) is 30.6 Å². The van der Waals surface area contributed by atoms with Gasteiger partial charge in [-0.3, -0.25) is 9.59 Å². The zero-order valence-electron chi connectivity index (χ0n) is 10.0. The van der Waals surface area contributed by atoms with E-state index in [2.05, 4.69) is 0 Å². The summed E-state index contributed by atoms with van der Waals surface area (Å²) < 4.78 is 10.3. The molecule has 0 aromatic rings. The van der Waals surface area contributed by atoms with Gasteiger partial charge in [0.25, 0.3) is 0 Å². The quantitative estimate of drug-likeness (QED) is 0.692. The molecule has 0 aliphatic carbocycles. The van der Waals surface area contributed by atoms with Gasteiger partial charge in [0.05, 0.1) is 12.5 Å². The van der Waals surface area contributed by atoms with Crippen molar-refractivity contribution in [2.45, 2.75) is 64.6 Å². The van der Waals surface area contributed by atoms with Crippen LogP contribution in [-0.2, 0) is 19.1 Å². The molecule has 1 rings (SSSR count). The van der Waals surface area contributed by atoms with Crippen molar-refractivity contribution in [2.75, 3.05) is 0 Å². The van der Waals surface area contributed by atoms with E-state index in [1.54, 1.807) is 0 Å². The lowest BCUT2D eigenvalue weighted by Gasteiger charge is -2.16. The molecule has 1 aliphatic heterocycles. The smallest absolute Gasteiger partial charge is 0.309 e. The van der Waals surface area contributed by atoms with Crippen molar-refractivity contribution in [1.82, 2.24) is 0 Å². The van der Waals surface area contributed by atoms with Gasteiger partial charge >= 0.3 is 11.9 Å². The van der Waals surface area contributed by atoms with Crippen LogP contribution in [-0.4, -0.2) is 24.1 Å². The maximum absolute atomic E-state index is 11.5. The third kappa shape index (κ3) is 4.64. The normalized spacial score (nSPS) is 23.1. The maximum atomic E-state index is 11.5. The van der Waals surface area contributed by atoms with E-state index in [1.807, 2.05) is 13.8 Å². The first-order chi connectivity index (χ1) is 7.61. The first-order valence-corrected chi connectivity index (χ1v) is 6.00. The van der Waals surface area contributed by atoms with Gasteiger partial charge in [0, 0.05) is 6.42 Å². The maximum Gasteiger partial charge on any atom is 0.309 e. The molecule has 0 spiro atoms. The summed E-state index contributed by atoms with van der Waals surface area (Å²) in [6, 6.07) is 0. The van der Waals surface area contributed by atoms with Crippen molar-refractivity contribution >= 4 is 11.9 Å². The molecule has 0 radical (unpaired) electrons. The van der Waals surface area contributed by atoms with Crippen LogP contribution in [0.1, 0.15) is 52.4 Å². The van der Waals surface area contributed by atoms with Crippen LogP contribution in [0.3, 0.4) is 0 Å². The van der Waals surface area contributed by atoms with Gasteiger partial charge in [0.15, 0.2) is 0 Å². The summed E-state index contributed by atoms with van der Waals surface area (Å²) in [5.41, 5.74) is 0. The van der Waals surface area contributed by atoms with Crippen LogP contribution < -0.4 is 0 Å². The summed E-state index contributed by atoms with van der Waals surface area (Å²) in [7, 11) is 0. The van der Waals surface area contributed by atoms with Gasteiger partial charge in [-0.15, -0.1) is 0 Å². The van der Waals surface area contributed by atoms with Gasteiger partial charge in [-0.2, -0.15) is 0 Å². The molecule has 16 heavy (non-hydrogen) atoms. The molecule has 92 valence electrons. The molecule has 4 nitrogen and oxygen atoms in total. The molecule has 1 fully saturated rings. The number of esters is 2. The number of ether oxygens (including phenoxy) is 2. The number of cyclic esters (lactones) is 1. The largest absolute Gasteiger partial charge is 0.463 e. The van der Waals surface area contributed by atoms with Crippen molar-refractivity contribution < 1.29 is 19.1 Å². The van der Waals surface area contributed by atoms with E-state index in [9.17, 15) is 9.59 Å². The Kier molecular flexibility index (Phi) is 5.29. The molecule has 2 unspecified atom stereocenters. The van der Waals surface area contributed by atoms with Crippen LogP contribution in [0.2, 0.25) is 0 Å². The average Bonchev–Trinajstić information content (AvgIpc) is 2.42. The van der Waals surface area contributed by atoms with E-state index in [0.717, 1.165) is 25.7 Å². The Bertz CT molecular complexity index is 249. The summed E-state index contributed by atoms with van der Waals surface area (Å²) in [6.45, 7) is 3.82. The molecular weight excluding hydrogens is 208 g/mol. The Labute approximate surface area is 96.3 Å². The fourth-order valence-corrected chi connectivity index (χ4v) is 1.63. The van der Waals surface area contributed by atoms with Gasteiger partial charge in [-0.1, -0.05) is 6.92 Å². The lowest BCUT2D eigenvalue weighted by atomic mass is 10.1. The lowest BCUT2D eigenvalue weighted by Crippen LogP contribution is -2.23. The molecule has 0 aromatic carbocycles. The van der Waals surface area contributed by atoms with Crippen molar-refractivity contribution in [1.29, 1.82) is 0 Å². The molecule has 0 bridgehead atoms. The van der Waals surface area contributed by atoms with E-state index >= 15 is 0 Å². The van der Waals surface area contributed by atoms with Gasteiger partial charge in [-0.25, -0.2) is 0 Å². The van der Waals surface area contributed by atoms with Gasteiger partial charge < -0.3 is 9.47 Å². The fraction of sp³-hybridized carbons (Fsp3) is 0.833. The predicted octanol–water partition coefficient (Wildman–Crippen LogP) is 2.20. The Hall–Kier alpha value is -1.06. The molecule has 0 N–H and O–H groups in total. The molecule has 1 aliphatic rings. The second kappa shape index (κ2) is 6.51. The zero-order valence-corrected chi connectivity index (χ0v) is 10.0. The first kappa shape index (κ1) is 13.0. The Morgan fingerprint density at radius 1 is 1.56 bits per heavy atom. The van der Waals surface area contributed by atoms with Crippen molar-refractivity contribution in [3.05, 3.63) is 0 Å². The molecule has 4 heteroatoms. The molecule has 0 saturated carbocycles.